The number of carbonyl (C=O) groups excluding carboxylic acids is 2. The summed E-state index contributed by atoms with van der Waals surface area (Å²) in [6.45, 7) is 0.701. The van der Waals surface area contributed by atoms with Crippen molar-refractivity contribution in [3.8, 4) is 6.07 Å². The predicted molar refractivity (Wildman–Crippen MR) is 146 cm³/mol. The molecule has 2 N–H and O–H groups in total. The molecule has 3 aromatic rings. The molecule has 3 aliphatic rings. The molecule has 1 saturated heterocycles. The number of fused-ring (bicyclic) bond motifs is 3. The van der Waals surface area contributed by atoms with E-state index in [4.69, 9.17) is 0 Å². The van der Waals surface area contributed by atoms with Crippen molar-refractivity contribution in [2.45, 2.75) is 50.2 Å². The Hall–Kier alpha value is -4.11. The molecule has 0 bridgehead atoms. The van der Waals surface area contributed by atoms with Gasteiger partial charge in [-0.25, -0.2) is 0 Å². The topological polar surface area (TPSA) is 85.2 Å². The van der Waals surface area contributed by atoms with Gasteiger partial charge in [-0.15, -0.1) is 0 Å². The van der Waals surface area contributed by atoms with Gasteiger partial charge in [0.05, 0.1) is 29.6 Å². The Kier molecular flexibility index (Phi) is 6.59. The number of rotatable bonds is 4. The fourth-order valence-corrected chi connectivity index (χ4v) is 6.72. The lowest BCUT2D eigenvalue weighted by Crippen LogP contribution is -2.50. The minimum Gasteiger partial charge on any atom is -0.378 e. The van der Waals surface area contributed by atoms with Crippen LogP contribution in [0, 0.1) is 23.2 Å². The summed E-state index contributed by atoms with van der Waals surface area (Å²) in [5, 5.41) is 16.2. The van der Waals surface area contributed by atoms with E-state index in [0.717, 1.165) is 48.9 Å². The molecule has 6 heteroatoms. The van der Waals surface area contributed by atoms with Gasteiger partial charge in [-0.1, -0.05) is 61.4 Å². The number of likely N-dealkylation sites (tertiary alicyclic amines) is 1. The molecule has 1 saturated carbocycles. The van der Waals surface area contributed by atoms with Gasteiger partial charge >= 0.3 is 0 Å². The van der Waals surface area contributed by atoms with Crippen LogP contribution in [0.1, 0.15) is 71.2 Å². The summed E-state index contributed by atoms with van der Waals surface area (Å²) in [6.07, 6.45) is 4.54. The first kappa shape index (κ1) is 24.2. The standard InChI is InChI=1S/C32H32N4O2/c33-20-21-14-16-22(17-15-21)29-26-18-19-36(30(26)24-10-4-6-12-27(24)34-29)32(38)25-11-5-7-13-28(25)35-31(37)23-8-2-1-3-9-23/h1-4,6,8-10,12,14-17,25-26,28-30,34H,5,7,11,13,18-19H2,(H,35,37)/t25-,26?,28+,29?,30?/m0/s1. The summed E-state index contributed by atoms with van der Waals surface area (Å²) in [6, 6.07) is 27.4. The second-order valence-corrected chi connectivity index (χ2v) is 10.7. The van der Waals surface area contributed by atoms with Crippen molar-refractivity contribution in [3.63, 3.8) is 0 Å². The van der Waals surface area contributed by atoms with Crippen molar-refractivity contribution in [2.75, 3.05) is 11.9 Å². The fourth-order valence-electron chi connectivity index (χ4n) is 6.72. The zero-order chi connectivity index (χ0) is 26.1. The van der Waals surface area contributed by atoms with E-state index in [9.17, 15) is 14.9 Å². The van der Waals surface area contributed by atoms with Gasteiger partial charge in [0.1, 0.15) is 0 Å². The Morgan fingerprint density at radius 2 is 1.63 bits per heavy atom. The number of anilines is 1. The third-order valence-electron chi connectivity index (χ3n) is 8.58. The number of carbonyl (C=O) groups is 2. The first-order valence-electron chi connectivity index (χ1n) is 13.7. The molecule has 1 aliphatic carbocycles. The van der Waals surface area contributed by atoms with Crippen molar-refractivity contribution >= 4 is 17.5 Å². The number of nitriles is 1. The van der Waals surface area contributed by atoms with Gasteiger partial charge in [-0.3, -0.25) is 9.59 Å². The molecule has 38 heavy (non-hydrogen) atoms. The van der Waals surface area contributed by atoms with Crippen LogP contribution in [0.15, 0.2) is 78.9 Å². The van der Waals surface area contributed by atoms with Crippen LogP contribution < -0.4 is 10.6 Å². The maximum Gasteiger partial charge on any atom is 0.251 e. The monoisotopic (exact) mass is 504 g/mol. The van der Waals surface area contributed by atoms with Crippen LogP contribution in [0.3, 0.4) is 0 Å². The second kappa shape index (κ2) is 10.3. The van der Waals surface area contributed by atoms with Crippen LogP contribution in [0.5, 0.6) is 0 Å². The Labute approximate surface area is 223 Å². The van der Waals surface area contributed by atoms with E-state index < -0.39 is 0 Å². The fraction of sp³-hybridized carbons (Fsp3) is 0.344. The minimum atomic E-state index is -0.217. The Bertz CT molecular complexity index is 1360. The van der Waals surface area contributed by atoms with Gasteiger partial charge in [0.25, 0.3) is 5.91 Å². The van der Waals surface area contributed by atoms with Crippen molar-refractivity contribution in [3.05, 3.63) is 101 Å². The maximum absolute atomic E-state index is 14.2. The van der Waals surface area contributed by atoms with E-state index in [-0.39, 0.29) is 41.8 Å². The van der Waals surface area contributed by atoms with E-state index in [1.807, 2.05) is 66.7 Å². The molecular weight excluding hydrogens is 472 g/mol. The van der Waals surface area contributed by atoms with Crippen LogP contribution >= 0.6 is 0 Å². The van der Waals surface area contributed by atoms with Crippen molar-refractivity contribution in [1.82, 2.24) is 10.2 Å². The Balaban J connectivity index is 1.28. The van der Waals surface area contributed by atoms with Gasteiger partial charge in [0.15, 0.2) is 0 Å². The molecule has 5 atom stereocenters. The molecule has 0 radical (unpaired) electrons. The van der Waals surface area contributed by atoms with E-state index in [1.54, 1.807) is 0 Å². The maximum atomic E-state index is 14.2. The molecule has 2 aliphatic heterocycles. The second-order valence-electron chi connectivity index (χ2n) is 10.7. The SMILES string of the molecule is N#Cc1ccc(C2Nc3ccccc3C3C2CCN3C(=O)[C@H]2CCCC[C@H]2NC(=O)c2ccccc2)cc1. The van der Waals surface area contributed by atoms with Gasteiger partial charge in [0, 0.05) is 29.8 Å². The summed E-state index contributed by atoms with van der Waals surface area (Å²) in [7, 11) is 0. The van der Waals surface area contributed by atoms with Crippen LogP contribution in [0.2, 0.25) is 0 Å². The van der Waals surface area contributed by atoms with Crippen LogP contribution in [-0.4, -0.2) is 29.3 Å². The third kappa shape index (κ3) is 4.43. The van der Waals surface area contributed by atoms with E-state index in [0.29, 0.717) is 17.7 Å². The quantitative estimate of drug-likeness (QED) is 0.484. The number of hydrogen-bond acceptors (Lipinski definition) is 4. The summed E-state index contributed by atoms with van der Waals surface area (Å²) >= 11 is 0. The average molecular weight is 505 g/mol. The lowest BCUT2D eigenvalue weighted by atomic mass is 9.79. The normalized spacial score (nSPS) is 25.9. The zero-order valence-corrected chi connectivity index (χ0v) is 21.3. The van der Waals surface area contributed by atoms with E-state index >= 15 is 0 Å². The van der Waals surface area contributed by atoms with Crippen LogP contribution in [-0.2, 0) is 4.79 Å². The molecular formula is C32H32N4O2. The molecule has 3 unspecified atom stereocenters. The molecule has 2 heterocycles. The molecule has 2 fully saturated rings. The average Bonchev–Trinajstić information content (AvgIpc) is 3.43. The smallest absolute Gasteiger partial charge is 0.251 e. The summed E-state index contributed by atoms with van der Waals surface area (Å²) in [4.78, 5) is 29.3. The molecule has 0 aromatic heterocycles. The summed E-state index contributed by atoms with van der Waals surface area (Å²) in [5.74, 6) is 0.0573. The van der Waals surface area contributed by atoms with Crippen LogP contribution in [0.25, 0.3) is 0 Å². The van der Waals surface area contributed by atoms with Crippen molar-refractivity contribution < 1.29 is 9.59 Å². The molecule has 6 rings (SSSR count). The first-order chi connectivity index (χ1) is 18.6. The Morgan fingerprint density at radius 1 is 0.895 bits per heavy atom. The van der Waals surface area contributed by atoms with Gasteiger partial charge in [0.2, 0.25) is 5.91 Å². The minimum absolute atomic E-state index is 0.0204. The molecule has 3 aromatic carbocycles. The zero-order valence-electron chi connectivity index (χ0n) is 21.3. The summed E-state index contributed by atoms with van der Waals surface area (Å²) < 4.78 is 0. The molecule has 192 valence electrons. The largest absolute Gasteiger partial charge is 0.378 e. The number of hydrogen-bond donors (Lipinski definition) is 2. The highest BCUT2D eigenvalue weighted by atomic mass is 16.2. The predicted octanol–water partition coefficient (Wildman–Crippen LogP) is 5.60. The number of para-hydroxylation sites is 1. The molecule has 6 nitrogen and oxygen atoms in total. The molecule has 2 amide bonds. The van der Waals surface area contributed by atoms with Gasteiger partial charge in [-0.05, 0) is 60.7 Å². The van der Waals surface area contributed by atoms with Gasteiger partial charge < -0.3 is 15.5 Å². The number of nitrogens with one attached hydrogen (secondary N) is 2. The highest BCUT2D eigenvalue weighted by Crippen LogP contribution is 2.51. The van der Waals surface area contributed by atoms with Gasteiger partial charge in [-0.2, -0.15) is 5.26 Å². The van der Waals surface area contributed by atoms with E-state index in [1.165, 1.54) is 0 Å². The highest BCUT2D eigenvalue weighted by Gasteiger charge is 2.48. The molecule has 0 spiro atoms. The number of nitrogens with zero attached hydrogens (tertiary/aromatic N) is 2. The third-order valence-corrected chi connectivity index (χ3v) is 8.58. The van der Waals surface area contributed by atoms with Crippen molar-refractivity contribution in [2.24, 2.45) is 11.8 Å². The first-order valence-corrected chi connectivity index (χ1v) is 13.7. The summed E-state index contributed by atoms with van der Waals surface area (Å²) in [5.41, 5.74) is 4.62. The number of benzene rings is 3. The van der Waals surface area contributed by atoms with Crippen LogP contribution in [0.4, 0.5) is 5.69 Å². The highest BCUT2D eigenvalue weighted by molar-refractivity contribution is 5.95. The lowest BCUT2D eigenvalue weighted by molar-refractivity contribution is -0.138. The van der Waals surface area contributed by atoms with Crippen molar-refractivity contribution in [1.29, 1.82) is 5.26 Å². The Morgan fingerprint density at radius 3 is 2.42 bits per heavy atom. The van der Waals surface area contributed by atoms with E-state index in [2.05, 4.69) is 33.7 Å². The number of amides is 2. The lowest BCUT2D eigenvalue weighted by Gasteiger charge is -2.42.